The topological polar surface area (TPSA) is 8.81 Å². The van der Waals surface area contributed by atoms with Gasteiger partial charge >= 0.3 is 0 Å². The fraction of sp³-hybridized carbons (Fsp3) is 0.722. The van der Waals surface area contributed by atoms with Crippen molar-refractivity contribution < 1.29 is 28.5 Å². The van der Waals surface area contributed by atoms with Gasteiger partial charge in [-0.1, -0.05) is 63.7 Å². The summed E-state index contributed by atoms with van der Waals surface area (Å²) in [6.45, 7) is 11.6. The van der Waals surface area contributed by atoms with E-state index in [1.165, 1.54) is 38.1 Å². The van der Waals surface area contributed by atoms with Crippen LogP contribution < -0.4 is 28.5 Å². The van der Waals surface area contributed by atoms with Crippen LogP contribution in [0.25, 0.3) is 0 Å². The molecule has 2 nitrogen and oxygen atoms in total. The zero-order valence-corrected chi connectivity index (χ0v) is 18.0. The van der Waals surface area contributed by atoms with E-state index in [1.54, 1.807) is 0 Å². The van der Waals surface area contributed by atoms with Gasteiger partial charge in [-0.05, 0) is 12.8 Å². The van der Waals surface area contributed by atoms with E-state index in [0.717, 1.165) is 19.5 Å². The van der Waals surface area contributed by atoms with Gasteiger partial charge in [-0.15, -0.1) is 0 Å². The van der Waals surface area contributed by atoms with Crippen molar-refractivity contribution in [2.75, 3.05) is 0 Å². The van der Waals surface area contributed by atoms with E-state index in [2.05, 4.69) is 66.3 Å². The molecule has 22 heavy (non-hydrogen) atoms. The highest BCUT2D eigenvalue weighted by atomic mass is 127. The van der Waals surface area contributed by atoms with Gasteiger partial charge in [0, 0.05) is 14.5 Å². The summed E-state index contributed by atoms with van der Waals surface area (Å²) in [5.41, 5.74) is 0. The van der Waals surface area contributed by atoms with Gasteiger partial charge in [0.1, 0.15) is 12.4 Å². The maximum absolute atomic E-state index is 3.27. The van der Waals surface area contributed by atoms with Crippen molar-refractivity contribution >= 4 is 8.07 Å². The summed E-state index contributed by atoms with van der Waals surface area (Å²) >= 11 is 0. The van der Waals surface area contributed by atoms with E-state index in [4.69, 9.17) is 0 Å². The summed E-state index contributed by atoms with van der Waals surface area (Å²) in [5.74, 6) is 6.54. The molecule has 0 atom stereocenters. The second-order valence-electron chi connectivity index (χ2n) is 7.15. The average Bonchev–Trinajstić information content (AvgIpc) is 2.86. The summed E-state index contributed by atoms with van der Waals surface area (Å²) in [6, 6.07) is 1.44. The van der Waals surface area contributed by atoms with E-state index in [1.807, 2.05) is 0 Å². The summed E-state index contributed by atoms with van der Waals surface area (Å²) in [7, 11) is -0.855. The molecule has 0 N–H and O–H groups in total. The van der Waals surface area contributed by atoms with Crippen LogP contribution in [0.1, 0.15) is 45.4 Å². The molecule has 0 fully saturated rings. The Hall–Kier alpha value is -0.283. The third-order valence-corrected chi connectivity index (χ3v) is 5.48. The van der Waals surface area contributed by atoms with E-state index in [-0.39, 0.29) is 24.0 Å². The van der Waals surface area contributed by atoms with Crippen molar-refractivity contribution in [2.45, 2.75) is 84.2 Å². The number of rotatable bonds is 9. The molecule has 0 saturated heterocycles. The molecule has 0 aliphatic carbocycles. The Bertz CT molecular complexity index is 452. The standard InChI is InChI=1S/C18H33N2Si.HI/c1-5-6-7-8-9-10-13-19-15-16-20(18-19)14-11-12-17-21(2,3)4;/h15-16,18H,5-8,11-14,17H2,1-4H3;1H/q+1;/p-1. The fourth-order valence-electron chi connectivity index (χ4n) is 2.31. The highest BCUT2D eigenvalue weighted by Crippen LogP contribution is 2.12. The smallest absolute Gasteiger partial charge is 0.244 e. The van der Waals surface area contributed by atoms with Gasteiger partial charge in [-0.3, -0.25) is 0 Å². The van der Waals surface area contributed by atoms with Gasteiger partial charge < -0.3 is 24.0 Å². The maximum Gasteiger partial charge on any atom is 0.244 e. The molecule has 1 rings (SSSR count). The van der Waals surface area contributed by atoms with Crippen LogP contribution in [0.15, 0.2) is 18.7 Å². The first kappa shape index (κ1) is 21.7. The van der Waals surface area contributed by atoms with E-state index < -0.39 is 8.07 Å². The molecule has 0 unspecified atom stereocenters. The number of imidazole rings is 1. The largest absolute Gasteiger partial charge is 1.00 e. The number of aryl methyl sites for hydroxylation is 1. The summed E-state index contributed by atoms with van der Waals surface area (Å²) in [4.78, 5) is 0. The van der Waals surface area contributed by atoms with Crippen molar-refractivity contribution in [3.63, 3.8) is 0 Å². The molecule has 0 aliphatic heterocycles. The Balaban J connectivity index is 0.00000441. The minimum absolute atomic E-state index is 0. The highest BCUT2D eigenvalue weighted by Gasteiger charge is 2.12. The number of halogens is 1. The minimum atomic E-state index is -0.855. The van der Waals surface area contributed by atoms with Gasteiger partial charge in [0.25, 0.3) is 0 Å². The second kappa shape index (κ2) is 12.2. The van der Waals surface area contributed by atoms with Gasteiger partial charge in [-0.25, -0.2) is 9.13 Å². The van der Waals surface area contributed by atoms with Crippen LogP contribution in [0.2, 0.25) is 25.7 Å². The Morgan fingerprint density at radius 1 is 1.05 bits per heavy atom. The van der Waals surface area contributed by atoms with Crippen LogP contribution in [0.3, 0.4) is 0 Å². The average molecular weight is 432 g/mol. The Morgan fingerprint density at radius 2 is 1.82 bits per heavy atom. The Morgan fingerprint density at radius 3 is 2.50 bits per heavy atom. The summed E-state index contributed by atoms with van der Waals surface area (Å²) in [5, 5.41) is 0. The van der Waals surface area contributed by atoms with E-state index in [9.17, 15) is 0 Å². The minimum Gasteiger partial charge on any atom is -1.00 e. The van der Waals surface area contributed by atoms with Crippen molar-refractivity contribution in [3.8, 4) is 11.8 Å². The van der Waals surface area contributed by atoms with Crippen LogP contribution in [0, 0.1) is 11.8 Å². The van der Waals surface area contributed by atoms with E-state index in [0.29, 0.717) is 0 Å². The number of hydrogen-bond donors (Lipinski definition) is 0. The van der Waals surface area contributed by atoms with Gasteiger partial charge in [-0.2, -0.15) is 0 Å². The number of hydrogen-bond acceptors (Lipinski definition) is 0. The molecule has 4 heteroatoms. The Labute approximate surface area is 155 Å². The second-order valence-corrected chi connectivity index (χ2v) is 12.8. The number of unbranched alkanes of at least 4 members (excludes halogenated alkanes) is 4. The summed E-state index contributed by atoms with van der Waals surface area (Å²) < 4.78 is 4.48. The molecule has 0 amide bonds. The van der Waals surface area contributed by atoms with Crippen molar-refractivity contribution in [1.29, 1.82) is 0 Å². The molecular formula is C18H33IN2Si. The van der Waals surface area contributed by atoms with Crippen LogP contribution >= 0.6 is 0 Å². The molecule has 0 saturated carbocycles. The molecular weight excluding hydrogens is 399 g/mol. The van der Waals surface area contributed by atoms with Crippen LogP contribution in [0.4, 0.5) is 0 Å². The Kier molecular flexibility index (Phi) is 12.0. The normalized spacial score (nSPS) is 10.7. The van der Waals surface area contributed by atoms with Crippen LogP contribution in [-0.2, 0) is 13.1 Å². The van der Waals surface area contributed by atoms with Crippen molar-refractivity contribution in [1.82, 2.24) is 4.57 Å². The van der Waals surface area contributed by atoms with Gasteiger partial charge in [0.15, 0.2) is 6.54 Å². The summed E-state index contributed by atoms with van der Waals surface area (Å²) in [6.07, 6.45) is 14.0. The number of nitrogens with zero attached hydrogens (tertiary/aromatic N) is 2. The lowest BCUT2D eigenvalue weighted by Crippen LogP contribution is -3.00. The molecule has 1 aromatic heterocycles. The van der Waals surface area contributed by atoms with Crippen molar-refractivity contribution in [2.24, 2.45) is 0 Å². The van der Waals surface area contributed by atoms with Crippen molar-refractivity contribution in [3.05, 3.63) is 18.7 Å². The van der Waals surface area contributed by atoms with Crippen LogP contribution in [-0.4, -0.2) is 12.6 Å². The molecule has 0 radical (unpaired) electrons. The maximum atomic E-state index is 3.27. The zero-order chi connectivity index (χ0) is 15.6. The first-order valence-electron chi connectivity index (χ1n) is 8.52. The number of aromatic nitrogens is 2. The SMILES string of the molecule is CCCCCC#CCn1cc[n+](CCCC[Si](C)(C)C)c1.[I-]. The van der Waals surface area contributed by atoms with Crippen LogP contribution in [0.5, 0.6) is 0 Å². The van der Waals surface area contributed by atoms with E-state index >= 15 is 0 Å². The third-order valence-electron chi connectivity index (χ3n) is 3.63. The molecule has 126 valence electrons. The molecule has 0 aromatic carbocycles. The third kappa shape index (κ3) is 11.3. The predicted molar refractivity (Wildman–Crippen MR) is 93.9 cm³/mol. The lowest BCUT2D eigenvalue weighted by atomic mass is 10.2. The predicted octanol–water partition coefficient (Wildman–Crippen LogP) is 1.48. The highest BCUT2D eigenvalue weighted by molar-refractivity contribution is 6.76. The lowest BCUT2D eigenvalue weighted by Gasteiger charge is -2.14. The first-order chi connectivity index (χ1) is 10.0. The quantitative estimate of drug-likeness (QED) is 0.184. The first-order valence-corrected chi connectivity index (χ1v) is 12.2. The monoisotopic (exact) mass is 432 g/mol. The fourth-order valence-corrected chi connectivity index (χ4v) is 3.62. The molecule has 0 aliphatic rings. The van der Waals surface area contributed by atoms with Gasteiger partial charge in [0.2, 0.25) is 6.33 Å². The molecule has 1 heterocycles. The molecule has 0 spiro atoms. The molecule has 1 aromatic rings. The zero-order valence-electron chi connectivity index (χ0n) is 14.9. The lowest BCUT2D eigenvalue weighted by molar-refractivity contribution is -0.696. The molecule has 0 bridgehead atoms. The van der Waals surface area contributed by atoms with Gasteiger partial charge in [0.05, 0.1) is 6.54 Å².